The summed E-state index contributed by atoms with van der Waals surface area (Å²) in [6.45, 7) is 1.98. The van der Waals surface area contributed by atoms with Gasteiger partial charge in [0, 0.05) is 22.7 Å². The zero-order valence-corrected chi connectivity index (χ0v) is 12.0. The summed E-state index contributed by atoms with van der Waals surface area (Å²) in [6, 6.07) is 4.82. The van der Waals surface area contributed by atoms with Gasteiger partial charge in [-0.25, -0.2) is 4.39 Å². The molecule has 2 N–H and O–H groups in total. The van der Waals surface area contributed by atoms with Crippen LogP contribution in [-0.2, 0) is 0 Å². The second-order valence-corrected chi connectivity index (χ2v) is 5.93. The summed E-state index contributed by atoms with van der Waals surface area (Å²) in [5.74, 6) is 0.0331. The fourth-order valence-electron chi connectivity index (χ4n) is 1.92. The number of hydrogen-bond donors (Lipinski definition) is 2. The van der Waals surface area contributed by atoms with E-state index >= 15 is 0 Å². The maximum Gasteiger partial charge on any atom is 0.155 e. The topological polar surface area (TPSA) is 36.4 Å². The van der Waals surface area contributed by atoms with Crippen molar-refractivity contribution in [3.63, 3.8) is 0 Å². The number of nitrogens with zero attached hydrogens (tertiary/aromatic N) is 1. The van der Waals surface area contributed by atoms with Crippen LogP contribution in [-0.4, -0.2) is 5.84 Å². The first-order valence-electron chi connectivity index (χ1n) is 5.41. The fourth-order valence-corrected chi connectivity index (χ4v) is 3.14. The number of rotatable bonds is 0. The maximum atomic E-state index is 13.5. The van der Waals surface area contributed by atoms with E-state index in [1.165, 1.54) is 12.1 Å². The van der Waals surface area contributed by atoms with E-state index < -0.39 is 5.82 Å². The normalized spacial score (nSPS) is 15.3. The molecule has 1 aliphatic rings. The van der Waals surface area contributed by atoms with Crippen LogP contribution in [0.5, 0.6) is 0 Å². The Morgan fingerprint density at radius 2 is 1.95 bits per heavy atom. The minimum Gasteiger partial charge on any atom is -0.345 e. The second kappa shape index (κ2) is 4.67. The van der Waals surface area contributed by atoms with E-state index in [0.29, 0.717) is 17.2 Å². The highest BCUT2D eigenvalue weighted by atomic mass is 35.5. The van der Waals surface area contributed by atoms with Crippen molar-refractivity contribution in [3.8, 4) is 0 Å². The molecule has 0 bridgehead atoms. The highest BCUT2D eigenvalue weighted by Gasteiger charge is 2.21. The average molecular weight is 316 g/mol. The minimum atomic E-state index is -0.476. The van der Waals surface area contributed by atoms with Crippen molar-refractivity contribution in [1.29, 1.82) is 0 Å². The molecule has 3 nitrogen and oxygen atoms in total. The van der Waals surface area contributed by atoms with Crippen LogP contribution in [0.1, 0.15) is 10.4 Å². The molecule has 0 amide bonds. The van der Waals surface area contributed by atoms with Crippen molar-refractivity contribution in [2.75, 3.05) is 10.6 Å². The number of anilines is 3. The maximum absolute atomic E-state index is 13.5. The number of nitrogens with one attached hydrogen (secondary N) is 2. The molecule has 0 saturated carbocycles. The summed E-state index contributed by atoms with van der Waals surface area (Å²) in [5.41, 5.74) is 2.08. The van der Waals surface area contributed by atoms with E-state index in [2.05, 4.69) is 15.1 Å². The smallest absolute Gasteiger partial charge is 0.155 e. The van der Waals surface area contributed by atoms with Gasteiger partial charge in [-0.1, -0.05) is 11.6 Å². The zero-order valence-electron chi connectivity index (χ0n) is 9.72. The van der Waals surface area contributed by atoms with Crippen LogP contribution < -0.4 is 10.6 Å². The molecule has 0 unspecified atom stereocenters. The molecule has 19 heavy (non-hydrogen) atoms. The Kier molecular flexibility index (Phi) is 3.12. The molecule has 1 aromatic heterocycles. The van der Waals surface area contributed by atoms with E-state index in [0.717, 1.165) is 15.4 Å². The first kappa shape index (κ1) is 12.7. The Labute approximate surface area is 123 Å². The monoisotopic (exact) mass is 315 g/mol. The van der Waals surface area contributed by atoms with Gasteiger partial charge in [-0.2, -0.15) is 4.51 Å². The molecule has 1 aromatic carbocycles. The molecule has 2 heterocycles. The Morgan fingerprint density at radius 3 is 2.68 bits per heavy atom. The van der Waals surface area contributed by atoms with Gasteiger partial charge in [0.25, 0.3) is 0 Å². The highest BCUT2D eigenvalue weighted by molar-refractivity contribution is 7.16. The molecule has 1 aliphatic heterocycles. The summed E-state index contributed by atoms with van der Waals surface area (Å²) in [6.07, 6.45) is 0. The first-order valence-corrected chi connectivity index (χ1v) is 6.94. The molecule has 98 valence electrons. The van der Waals surface area contributed by atoms with Gasteiger partial charge < -0.3 is 10.6 Å². The van der Waals surface area contributed by atoms with Crippen LogP contribution in [0, 0.1) is 12.7 Å². The SMILES string of the molecule is Cc1cc2c(s1)Nc1cc(F)c(Cl)cc1NC2=NCl. The van der Waals surface area contributed by atoms with Gasteiger partial charge in [-0.05, 0) is 19.1 Å². The summed E-state index contributed by atoms with van der Waals surface area (Å²) in [5, 5.41) is 7.14. The number of halogens is 3. The standard InChI is InChI=1S/C12H8Cl2FN3S/c1-5-2-6-11(18-14)16-9-3-7(13)8(15)4-10(9)17-12(6)19-5/h2-4,17H,1H3,(H,16,18). The first-order chi connectivity index (χ1) is 9.08. The molecule has 2 aromatic rings. The van der Waals surface area contributed by atoms with Crippen LogP contribution in [0.4, 0.5) is 20.8 Å². The Morgan fingerprint density at radius 1 is 1.21 bits per heavy atom. The summed E-state index contributed by atoms with van der Waals surface area (Å²) >= 11 is 13.0. The van der Waals surface area contributed by atoms with Crippen LogP contribution in [0.25, 0.3) is 0 Å². The van der Waals surface area contributed by atoms with Crippen molar-refractivity contribution in [3.05, 3.63) is 39.5 Å². The van der Waals surface area contributed by atoms with Crippen LogP contribution in [0.2, 0.25) is 5.02 Å². The Bertz CT molecular complexity index is 697. The van der Waals surface area contributed by atoms with Crippen molar-refractivity contribution >= 4 is 56.9 Å². The van der Waals surface area contributed by atoms with Gasteiger partial charge in [-0.3, -0.25) is 0 Å². The van der Waals surface area contributed by atoms with E-state index in [9.17, 15) is 4.39 Å². The third kappa shape index (κ3) is 2.18. The summed E-state index contributed by atoms with van der Waals surface area (Å²) in [4.78, 5) is 1.11. The predicted octanol–water partition coefficient (Wildman–Crippen LogP) is 4.92. The molecule has 0 spiro atoms. The van der Waals surface area contributed by atoms with Gasteiger partial charge in [0.15, 0.2) is 5.84 Å². The number of aryl methyl sites for hydroxylation is 1. The lowest BCUT2D eigenvalue weighted by atomic mass is 10.2. The quantitative estimate of drug-likeness (QED) is 0.724. The molecule has 0 fully saturated rings. The third-order valence-electron chi connectivity index (χ3n) is 2.76. The number of hydrogen-bond acceptors (Lipinski definition) is 3. The van der Waals surface area contributed by atoms with Gasteiger partial charge >= 0.3 is 0 Å². The minimum absolute atomic E-state index is 0.0448. The molecular formula is C12H8Cl2FN3S. The number of benzene rings is 1. The number of amidine groups is 1. The van der Waals surface area contributed by atoms with E-state index in [4.69, 9.17) is 23.4 Å². The fraction of sp³-hybridized carbons (Fsp3) is 0.0833. The Hall–Kier alpha value is -1.30. The van der Waals surface area contributed by atoms with Crippen LogP contribution in [0.15, 0.2) is 22.7 Å². The summed E-state index contributed by atoms with van der Waals surface area (Å²) in [7, 11) is 0. The van der Waals surface area contributed by atoms with Gasteiger partial charge in [0.05, 0.1) is 22.0 Å². The lowest BCUT2D eigenvalue weighted by Gasteiger charge is -2.09. The third-order valence-corrected chi connectivity index (χ3v) is 4.18. The van der Waals surface area contributed by atoms with Crippen LogP contribution >= 0.6 is 34.7 Å². The largest absolute Gasteiger partial charge is 0.345 e. The molecule has 3 rings (SSSR count). The lowest BCUT2D eigenvalue weighted by Crippen LogP contribution is -2.10. The number of fused-ring (bicyclic) bond motifs is 2. The molecule has 0 atom stereocenters. The molecule has 7 heteroatoms. The van der Waals surface area contributed by atoms with Gasteiger partial charge in [0.1, 0.15) is 10.8 Å². The second-order valence-electron chi connectivity index (χ2n) is 4.09. The van der Waals surface area contributed by atoms with Gasteiger partial charge in [-0.15, -0.1) is 11.3 Å². The molecule has 0 radical (unpaired) electrons. The molecule has 0 aliphatic carbocycles. The number of thiophene rings is 1. The average Bonchev–Trinajstić information content (AvgIpc) is 2.66. The van der Waals surface area contributed by atoms with E-state index in [1.807, 2.05) is 13.0 Å². The predicted molar refractivity (Wildman–Crippen MR) is 79.8 cm³/mol. The van der Waals surface area contributed by atoms with Gasteiger partial charge in [0.2, 0.25) is 0 Å². The molecular weight excluding hydrogens is 308 g/mol. The van der Waals surface area contributed by atoms with Crippen molar-refractivity contribution < 1.29 is 4.39 Å². The van der Waals surface area contributed by atoms with E-state index in [1.54, 1.807) is 11.3 Å². The zero-order chi connectivity index (χ0) is 13.6. The van der Waals surface area contributed by atoms with Crippen LogP contribution in [0.3, 0.4) is 0 Å². The van der Waals surface area contributed by atoms with Crippen molar-refractivity contribution in [2.24, 2.45) is 4.51 Å². The van der Waals surface area contributed by atoms with Crippen molar-refractivity contribution in [2.45, 2.75) is 6.92 Å². The molecule has 0 saturated heterocycles. The Balaban J connectivity index is 2.20. The van der Waals surface area contributed by atoms with Crippen molar-refractivity contribution in [1.82, 2.24) is 0 Å². The highest BCUT2D eigenvalue weighted by Crippen LogP contribution is 2.39. The van der Waals surface area contributed by atoms with E-state index in [-0.39, 0.29) is 5.02 Å². The summed E-state index contributed by atoms with van der Waals surface area (Å²) < 4.78 is 17.3. The lowest BCUT2D eigenvalue weighted by molar-refractivity contribution is 0.629.